The molecule has 1 fully saturated rings. The molecule has 114 valence electrons. The van der Waals surface area contributed by atoms with E-state index in [4.69, 9.17) is 0 Å². The van der Waals surface area contributed by atoms with E-state index in [1.807, 2.05) is 32.9 Å². The molecule has 0 saturated heterocycles. The summed E-state index contributed by atoms with van der Waals surface area (Å²) < 4.78 is 0. The zero-order chi connectivity index (χ0) is 15.6. The minimum atomic E-state index is -1.12. The van der Waals surface area contributed by atoms with Gasteiger partial charge in [0, 0.05) is 5.56 Å². The maximum absolute atomic E-state index is 12.5. The Labute approximate surface area is 125 Å². The minimum Gasteiger partial charge on any atom is -0.480 e. The second-order valence-corrected chi connectivity index (χ2v) is 6.36. The highest BCUT2D eigenvalue weighted by molar-refractivity contribution is 5.99. The Morgan fingerprint density at radius 2 is 2.05 bits per heavy atom. The molecule has 0 aromatic heterocycles. The van der Waals surface area contributed by atoms with Crippen molar-refractivity contribution < 1.29 is 14.7 Å². The lowest BCUT2D eigenvalue weighted by atomic mass is 9.76. The van der Waals surface area contributed by atoms with Gasteiger partial charge >= 0.3 is 5.97 Å². The number of carboxylic acid groups (broad SMARTS) is 1. The van der Waals surface area contributed by atoms with Crippen molar-refractivity contribution in [3.8, 4) is 0 Å². The first-order chi connectivity index (χ1) is 9.84. The van der Waals surface area contributed by atoms with Crippen LogP contribution in [0.4, 0.5) is 0 Å². The number of nitrogens with one attached hydrogen (secondary N) is 1. The number of benzene rings is 1. The molecule has 0 bridgehead atoms. The molecule has 4 nitrogen and oxygen atoms in total. The average Bonchev–Trinajstić information content (AvgIpc) is 2.38. The van der Waals surface area contributed by atoms with Crippen LogP contribution >= 0.6 is 0 Å². The van der Waals surface area contributed by atoms with Crippen molar-refractivity contribution in [1.29, 1.82) is 0 Å². The van der Waals surface area contributed by atoms with Crippen molar-refractivity contribution in [3.63, 3.8) is 0 Å². The van der Waals surface area contributed by atoms with Gasteiger partial charge in [0.1, 0.15) is 5.54 Å². The number of hydrogen-bond donors (Lipinski definition) is 2. The van der Waals surface area contributed by atoms with E-state index in [1.165, 1.54) is 0 Å². The van der Waals surface area contributed by atoms with E-state index < -0.39 is 11.5 Å². The Hall–Kier alpha value is -1.84. The first kappa shape index (κ1) is 15.5. The highest BCUT2D eigenvalue weighted by atomic mass is 16.4. The topological polar surface area (TPSA) is 66.4 Å². The molecule has 0 radical (unpaired) electrons. The average molecular weight is 289 g/mol. The first-order valence-corrected chi connectivity index (χ1v) is 7.47. The predicted octanol–water partition coefficient (Wildman–Crippen LogP) is 3.07. The molecule has 1 aromatic carbocycles. The number of aliphatic carboxylic acids is 1. The summed E-state index contributed by atoms with van der Waals surface area (Å²) >= 11 is 0. The molecule has 4 heteroatoms. The number of amides is 1. The highest BCUT2D eigenvalue weighted by Crippen LogP contribution is 2.33. The second kappa shape index (κ2) is 5.88. The SMILES string of the molecule is Cc1ccc(C(=O)NC2(C(=O)O)CCCC(C)C2)c(C)c1. The van der Waals surface area contributed by atoms with Crippen LogP contribution in [0.25, 0.3) is 0 Å². The van der Waals surface area contributed by atoms with E-state index >= 15 is 0 Å². The second-order valence-electron chi connectivity index (χ2n) is 6.36. The summed E-state index contributed by atoms with van der Waals surface area (Å²) in [6.07, 6.45) is 2.86. The fourth-order valence-corrected chi connectivity index (χ4v) is 3.27. The van der Waals surface area contributed by atoms with Gasteiger partial charge in [-0.05, 0) is 44.2 Å². The minimum absolute atomic E-state index is 0.288. The van der Waals surface area contributed by atoms with Gasteiger partial charge in [0.05, 0.1) is 0 Å². The molecule has 1 aliphatic carbocycles. The molecule has 21 heavy (non-hydrogen) atoms. The predicted molar refractivity (Wildman–Crippen MR) is 81.4 cm³/mol. The molecule has 2 atom stereocenters. The fraction of sp³-hybridized carbons (Fsp3) is 0.529. The highest BCUT2D eigenvalue weighted by Gasteiger charge is 2.43. The van der Waals surface area contributed by atoms with Crippen molar-refractivity contribution in [2.24, 2.45) is 5.92 Å². The van der Waals surface area contributed by atoms with Gasteiger partial charge in [0.25, 0.3) is 5.91 Å². The third-order valence-electron chi connectivity index (χ3n) is 4.39. The molecule has 1 aliphatic rings. The van der Waals surface area contributed by atoms with Crippen molar-refractivity contribution >= 4 is 11.9 Å². The molecule has 1 aromatic rings. The van der Waals surface area contributed by atoms with Crippen LogP contribution in [0.1, 0.15) is 54.1 Å². The van der Waals surface area contributed by atoms with Crippen molar-refractivity contribution in [2.45, 2.75) is 52.0 Å². The molecule has 0 aliphatic heterocycles. The smallest absolute Gasteiger partial charge is 0.329 e. The lowest BCUT2D eigenvalue weighted by molar-refractivity contribution is -0.146. The van der Waals surface area contributed by atoms with Crippen molar-refractivity contribution in [1.82, 2.24) is 5.32 Å². The van der Waals surface area contributed by atoms with Gasteiger partial charge in [0.2, 0.25) is 0 Å². The number of carbonyl (C=O) groups is 2. The van der Waals surface area contributed by atoms with Crippen LogP contribution in [0.15, 0.2) is 18.2 Å². The summed E-state index contributed by atoms with van der Waals surface area (Å²) in [6.45, 7) is 5.88. The van der Waals surface area contributed by atoms with Crippen LogP contribution < -0.4 is 5.32 Å². The standard InChI is InChI=1S/C17H23NO3/c1-11-6-7-14(13(3)9-11)15(19)18-17(16(20)21)8-4-5-12(2)10-17/h6-7,9,12H,4-5,8,10H2,1-3H3,(H,18,19)(H,20,21). The largest absolute Gasteiger partial charge is 0.480 e. The van der Waals surface area contributed by atoms with E-state index in [1.54, 1.807) is 6.07 Å². The van der Waals surface area contributed by atoms with Gasteiger partial charge in [-0.25, -0.2) is 4.79 Å². The molecular formula is C17H23NO3. The quantitative estimate of drug-likeness (QED) is 0.898. The summed E-state index contributed by atoms with van der Waals surface area (Å²) in [6, 6.07) is 5.58. The molecule has 0 heterocycles. The third kappa shape index (κ3) is 3.26. The normalized spacial score (nSPS) is 25.4. The van der Waals surface area contributed by atoms with E-state index in [-0.39, 0.29) is 5.91 Å². The van der Waals surface area contributed by atoms with Crippen LogP contribution in [0.5, 0.6) is 0 Å². The zero-order valence-corrected chi connectivity index (χ0v) is 12.9. The monoisotopic (exact) mass is 289 g/mol. The summed E-state index contributed by atoms with van der Waals surface area (Å²) in [5.41, 5.74) is 1.39. The summed E-state index contributed by atoms with van der Waals surface area (Å²) in [5.74, 6) is -0.898. The lowest BCUT2D eigenvalue weighted by Crippen LogP contribution is -2.56. The molecule has 1 amide bonds. The van der Waals surface area contributed by atoms with Crippen LogP contribution in [-0.2, 0) is 4.79 Å². The molecule has 2 N–H and O–H groups in total. The van der Waals surface area contributed by atoms with Crippen molar-refractivity contribution in [3.05, 3.63) is 34.9 Å². The molecule has 0 spiro atoms. The fourth-order valence-electron chi connectivity index (χ4n) is 3.27. The van der Waals surface area contributed by atoms with Crippen molar-refractivity contribution in [2.75, 3.05) is 0 Å². The van der Waals surface area contributed by atoms with Crippen LogP contribution in [0.3, 0.4) is 0 Å². The lowest BCUT2D eigenvalue weighted by Gasteiger charge is -2.37. The molecule has 1 saturated carbocycles. The number of rotatable bonds is 3. The third-order valence-corrected chi connectivity index (χ3v) is 4.39. The number of carbonyl (C=O) groups excluding carboxylic acids is 1. The van der Waals surface area contributed by atoms with Gasteiger partial charge in [0.15, 0.2) is 0 Å². The van der Waals surface area contributed by atoms with Crippen LogP contribution in [0, 0.1) is 19.8 Å². The van der Waals surface area contributed by atoms with Gasteiger partial charge < -0.3 is 10.4 Å². The summed E-state index contributed by atoms with van der Waals surface area (Å²) in [4.78, 5) is 24.2. The van der Waals surface area contributed by atoms with Crippen LogP contribution in [0.2, 0.25) is 0 Å². The van der Waals surface area contributed by atoms with Gasteiger partial charge in [-0.15, -0.1) is 0 Å². The Kier molecular flexibility index (Phi) is 4.35. The van der Waals surface area contributed by atoms with E-state index in [9.17, 15) is 14.7 Å². The summed E-state index contributed by atoms with van der Waals surface area (Å²) in [5, 5.41) is 12.4. The Balaban J connectivity index is 2.24. The first-order valence-electron chi connectivity index (χ1n) is 7.47. The van der Waals surface area contributed by atoms with E-state index in [0.29, 0.717) is 24.3 Å². The maximum atomic E-state index is 12.5. The maximum Gasteiger partial charge on any atom is 0.329 e. The Morgan fingerprint density at radius 1 is 1.33 bits per heavy atom. The Bertz CT molecular complexity index is 567. The zero-order valence-electron chi connectivity index (χ0n) is 12.9. The molecule has 2 unspecified atom stereocenters. The molecule has 2 rings (SSSR count). The number of aryl methyl sites for hydroxylation is 2. The van der Waals surface area contributed by atoms with E-state index in [0.717, 1.165) is 24.0 Å². The van der Waals surface area contributed by atoms with E-state index in [2.05, 4.69) is 5.32 Å². The number of hydrogen-bond acceptors (Lipinski definition) is 2. The summed E-state index contributed by atoms with van der Waals surface area (Å²) in [7, 11) is 0. The number of carboxylic acids is 1. The van der Waals surface area contributed by atoms with Crippen LogP contribution in [-0.4, -0.2) is 22.5 Å². The Morgan fingerprint density at radius 3 is 2.62 bits per heavy atom. The van der Waals surface area contributed by atoms with Gasteiger partial charge in [-0.2, -0.15) is 0 Å². The van der Waals surface area contributed by atoms with Gasteiger partial charge in [-0.3, -0.25) is 4.79 Å². The van der Waals surface area contributed by atoms with Gasteiger partial charge in [-0.1, -0.05) is 37.5 Å². The molecular weight excluding hydrogens is 266 g/mol.